The Balaban J connectivity index is 2.22. The Labute approximate surface area is 108 Å². The fourth-order valence-corrected chi connectivity index (χ4v) is 1.70. The minimum absolute atomic E-state index is 0.194. The van der Waals surface area contributed by atoms with Crippen molar-refractivity contribution in [3.05, 3.63) is 35.9 Å². The molecule has 1 atom stereocenters. The van der Waals surface area contributed by atoms with E-state index >= 15 is 0 Å². The van der Waals surface area contributed by atoms with Crippen LogP contribution in [0.4, 0.5) is 13.2 Å². The van der Waals surface area contributed by atoms with Crippen molar-refractivity contribution in [3.63, 3.8) is 0 Å². The third-order valence-corrected chi connectivity index (χ3v) is 2.57. The maximum absolute atomic E-state index is 12.6. The summed E-state index contributed by atoms with van der Waals surface area (Å²) in [7, 11) is 1.47. The number of aliphatic imine (C=N–C) groups is 1. The van der Waals surface area contributed by atoms with Crippen molar-refractivity contribution in [2.75, 3.05) is 20.3 Å². The monoisotopic (exact) mass is 274 g/mol. The lowest BCUT2D eigenvalue weighted by Crippen LogP contribution is -2.31. The van der Waals surface area contributed by atoms with Gasteiger partial charge in [-0.05, 0) is 5.56 Å². The van der Waals surface area contributed by atoms with E-state index in [9.17, 15) is 13.2 Å². The van der Waals surface area contributed by atoms with Gasteiger partial charge in [-0.25, -0.2) is 4.99 Å². The maximum atomic E-state index is 12.6. The smallest absolute Gasteiger partial charge is 0.383 e. The number of hydrogen-bond donors (Lipinski definition) is 0. The van der Waals surface area contributed by atoms with Gasteiger partial charge in [-0.2, -0.15) is 13.2 Å². The van der Waals surface area contributed by atoms with Crippen LogP contribution in [0.1, 0.15) is 11.7 Å². The summed E-state index contributed by atoms with van der Waals surface area (Å²) in [5.74, 6) is -1.22. The highest BCUT2D eigenvalue weighted by Crippen LogP contribution is 2.32. The first-order chi connectivity index (χ1) is 9.02. The molecule has 0 bridgehead atoms. The van der Waals surface area contributed by atoms with Crippen LogP contribution in [0.3, 0.4) is 0 Å². The molecule has 1 unspecified atom stereocenters. The van der Waals surface area contributed by atoms with Gasteiger partial charge in [0.2, 0.25) is 0 Å². The molecule has 0 amide bonds. The van der Waals surface area contributed by atoms with Crippen molar-refractivity contribution in [3.8, 4) is 0 Å². The fourth-order valence-electron chi connectivity index (χ4n) is 1.70. The molecule has 19 heavy (non-hydrogen) atoms. The van der Waals surface area contributed by atoms with Gasteiger partial charge in [0.15, 0.2) is 6.17 Å². The first-order valence-electron chi connectivity index (χ1n) is 5.66. The molecule has 1 aliphatic rings. The summed E-state index contributed by atoms with van der Waals surface area (Å²) in [5, 5.41) is 1.17. The van der Waals surface area contributed by atoms with Gasteiger partial charge in [-0.1, -0.05) is 30.3 Å². The van der Waals surface area contributed by atoms with Crippen molar-refractivity contribution < 1.29 is 22.7 Å². The molecule has 1 aromatic rings. The molecule has 0 radical (unpaired) electrons. The number of alkyl halides is 3. The number of nitrogens with zero attached hydrogens (tertiary/aromatic N) is 2. The van der Waals surface area contributed by atoms with E-state index in [1.807, 2.05) is 0 Å². The van der Waals surface area contributed by atoms with E-state index in [1.54, 1.807) is 30.3 Å². The Morgan fingerprint density at radius 1 is 1.32 bits per heavy atom. The summed E-state index contributed by atoms with van der Waals surface area (Å²) in [5.41, 5.74) is 0.637. The van der Waals surface area contributed by atoms with Crippen LogP contribution < -0.4 is 0 Å². The van der Waals surface area contributed by atoms with Crippen LogP contribution in [0.2, 0.25) is 0 Å². The molecule has 0 spiro atoms. The van der Waals surface area contributed by atoms with E-state index in [4.69, 9.17) is 9.57 Å². The summed E-state index contributed by atoms with van der Waals surface area (Å²) in [6, 6.07) is 8.68. The van der Waals surface area contributed by atoms with E-state index in [2.05, 4.69) is 4.99 Å². The third kappa shape index (κ3) is 3.24. The Kier molecular flexibility index (Phi) is 4.06. The lowest BCUT2D eigenvalue weighted by atomic mass is 10.2. The number of ether oxygens (including phenoxy) is 1. The predicted molar refractivity (Wildman–Crippen MR) is 62.3 cm³/mol. The zero-order valence-electron chi connectivity index (χ0n) is 10.2. The zero-order valence-corrected chi connectivity index (χ0v) is 10.2. The van der Waals surface area contributed by atoms with Crippen molar-refractivity contribution in [2.24, 2.45) is 4.99 Å². The van der Waals surface area contributed by atoms with Crippen molar-refractivity contribution >= 4 is 5.90 Å². The summed E-state index contributed by atoms with van der Waals surface area (Å²) in [6.07, 6.45) is -5.39. The first kappa shape index (κ1) is 13.8. The van der Waals surface area contributed by atoms with E-state index < -0.39 is 18.2 Å². The second-order valence-electron chi connectivity index (χ2n) is 3.94. The number of benzene rings is 1. The molecule has 0 aromatic heterocycles. The average molecular weight is 274 g/mol. The number of methoxy groups -OCH3 is 1. The largest absolute Gasteiger partial charge is 0.470 e. The second kappa shape index (κ2) is 5.58. The van der Waals surface area contributed by atoms with E-state index in [0.29, 0.717) is 5.56 Å². The van der Waals surface area contributed by atoms with Gasteiger partial charge >= 0.3 is 12.1 Å². The van der Waals surface area contributed by atoms with Gasteiger partial charge in [0, 0.05) is 7.11 Å². The quantitative estimate of drug-likeness (QED) is 0.846. The van der Waals surface area contributed by atoms with Gasteiger partial charge in [-0.3, -0.25) is 0 Å². The molecule has 0 N–H and O–H groups in total. The number of hydroxylamine groups is 2. The van der Waals surface area contributed by atoms with Gasteiger partial charge in [-0.15, -0.1) is 5.06 Å². The molecule has 0 fully saturated rings. The summed E-state index contributed by atoms with van der Waals surface area (Å²) in [6.45, 7) is 0.448. The van der Waals surface area contributed by atoms with Gasteiger partial charge in [0.05, 0.1) is 13.2 Å². The fraction of sp³-hybridized carbons (Fsp3) is 0.417. The minimum Gasteiger partial charge on any atom is -0.383 e. The van der Waals surface area contributed by atoms with Gasteiger partial charge < -0.3 is 9.57 Å². The summed E-state index contributed by atoms with van der Waals surface area (Å²) < 4.78 is 42.7. The lowest BCUT2D eigenvalue weighted by molar-refractivity contribution is -0.139. The third-order valence-electron chi connectivity index (χ3n) is 2.57. The molecule has 0 saturated carbocycles. The normalized spacial score (nSPS) is 20.2. The van der Waals surface area contributed by atoms with Gasteiger partial charge in [0.1, 0.15) is 0 Å². The molecular weight excluding hydrogens is 261 g/mol. The molecule has 1 heterocycles. The topological polar surface area (TPSA) is 34.1 Å². The summed E-state index contributed by atoms with van der Waals surface area (Å²) in [4.78, 5) is 8.38. The number of hydrogen-bond acceptors (Lipinski definition) is 4. The summed E-state index contributed by atoms with van der Waals surface area (Å²) >= 11 is 0. The molecule has 7 heteroatoms. The van der Waals surface area contributed by atoms with Gasteiger partial charge in [0.25, 0.3) is 0 Å². The Morgan fingerprint density at radius 2 is 2.00 bits per heavy atom. The number of halogens is 3. The highest BCUT2D eigenvalue weighted by Gasteiger charge is 2.45. The van der Waals surface area contributed by atoms with Crippen LogP contribution in [0.25, 0.3) is 0 Å². The highest BCUT2D eigenvalue weighted by molar-refractivity contribution is 5.82. The Hall–Kier alpha value is -1.60. The SMILES string of the molecule is COCCN1OC(C(F)(F)F)=NC1c1ccccc1. The van der Waals surface area contributed by atoms with Crippen molar-refractivity contribution in [1.82, 2.24) is 5.06 Å². The van der Waals surface area contributed by atoms with Crippen LogP contribution in [0, 0.1) is 0 Å². The molecule has 0 saturated heterocycles. The maximum Gasteiger partial charge on any atom is 0.470 e. The van der Waals surface area contributed by atoms with E-state index in [1.165, 1.54) is 12.2 Å². The highest BCUT2D eigenvalue weighted by atomic mass is 19.4. The van der Waals surface area contributed by atoms with Crippen LogP contribution in [-0.4, -0.2) is 37.4 Å². The Morgan fingerprint density at radius 3 is 2.58 bits per heavy atom. The zero-order chi connectivity index (χ0) is 13.9. The molecule has 1 aliphatic heterocycles. The van der Waals surface area contributed by atoms with Crippen molar-refractivity contribution in [2.45, 2.75) is 12.3 Å². The van der Waals surface area contributed by atoms with Crippen LogP contribution in [0.5, 0.6) is 0 Å². The molecular formula is C12H13F3N2O2. The standard InChI is InChI=1S/C12H13F3N2O2/c1-18-8-7-17-10(9-5-3-2-4-6-9)16-11(19-17)12(13,14)15/h2-6,10H,7-8H2,1H3. The second-order valence-corrected chi connectivity index (χ2v) is 3.94. The molecule has 104 valence electrons. The van der Waals surface area contributed by atoms with Crippen molar-refractivity contribution in [1.29, 1.82) is 0 Å². The predicted octanol–water partition coefficient (Wildman–Crippen LogP) is 2.54. The molecule has 0 aliphatic carbocycles. The molecule has 1 aromatic carbocycles. The average Bonchev–Trinajstić information content (AvgIpc) is 2.81. The van der Waals surface area contributed by atoms with Crippen LogP contribution in [-0.2, 0) is 9.57 Å². The van der Waals surface area contributed by atoms with Crippen LogP contribution in [0.15, 0.2) is 35.3 Å². The van der Waals surface area contributed by atoms with E-state index in [-0.39, 0.29) is 13.2 Å². The van der Waals surface area contributed by atoms with E-state index in [0.717, 1.165) is 0 Å². The first-order valence-corrected chi connectivity index (χ1v) is 5.66. The van der Waals surface area contributed by atoms with Crippen LogP contribution >= 0.6 is 0 Å². The molecule has 4 nitrogen and oxygen atoms in total. The molecule has 2 rings (SSSR count). The minimum atomic E-state index is -4.59. The lowest BCUT2D eigenvalue weighted by Gasteiger charge is -2.21. The Bertz CT molecular complexity index is 448. The number of rotatable bonds is 4.